The molecule has 0 amide bonds. The lowest BCUT2D eigenvalue weighted by Crippen LogP contribution is -2.38. The van der Waals surface area contributed by atoms with Crippen LogP contribution in [-0.2, 0) is 18.3 Å². The Kier molecular flexibility index (Phi) is 3.57. The minimum Gasteiger partial charge on any atom is -0.382 e. The van der Waals surface area contributed by atoms with E-state index in [0.717, 1.165) is 0 Å². The normalized spacial score (nSPS) is 11.7. The van der Waals surface area contributed by atoms with Crippen molar-refractivity contribution >= 4 is 5.78 Å². The molecule has 0 atom stereocenters. The Bertz CT molecular complexity index is 342. The second kappa shape index (κ2) is 4.53. The van der Waals surface area contributed by atoms with Crippen LogP contribution < -0.4 is 0 Å². The van der Waals surface area contributed by atoms with Crippen molar-refractivity contribution in [2.24, 2.45) is 7.05 Å². The monoisotopic (exact) mass is 211 g/mol. The third-order valence-corrected chi connectivity index (χ3v) is 2.81. The molecule has 15 heavy (non-hydrogen) atoms. The summed E-state index contributed by atoms with van der Waals surface area (Å²) in [6.45, 7) is 3.61. The summed E-state index contributed by atoms with van der Waals surface area (Å²) in [5.41, 5.74) is -1.22. The van der Waals surface area contributed by atoms with E-state index in [4.69, 9.17) is 0 Å². The van der Waals surface area contributed by atoms with E-state index in [1.807, 2.05) is 0 Å². The summed E-state index contributed by atoms with van der Waals surface area (Å²) in [5, 5.41) is 13.9. The van der Waals surface area contributed by atoms with Gasteiger partial charge in [0.1, 0.15) is 17.8 Å². The molecule has 0 fully saturated rings. The molecule has 0 spiro atoms. The number of nitrogens with zero attached hydrogens (tertiary/aromatic N) is 3. The van der Waals surface area contributed by atoms with Crippen molar-refractivity contribution in [2.75, 3.05) is 0 Å². The summed E-state index contributed by atoms with van der Waals surface area (Å²) in [6.07, 6.45) is 2.40. The van der Waals surface area contributed by atoms with Gasteiger partial charge in [0.2, 0.25) is 0 Å². The average Bonchev–Trinajstić information content (AvgIpc) is 2.63. The topological polar surface area (TPSA) is 68.0 Å². The molecule has 0 aliphatic rings. The van der Waals surface area contributed by atoms with Crippen LogP contribution in [-0.4, -0.2) is 31.3 Å². The third-order valence-electron chi connectivity index (χ3n) is 2.81. The number of carbonyl (C=O) groups is 1. The van der Waals surface area contributed by atoms with Gasteiger partial charge in [-0.3, -0.25) is 9.48 Å². The number of aromatic nitrogens is 3. The fourth-order valence-corrected chi connectivity index (χ4v) is 1.43. The van der Waals surface area contributed by atoms with Crippen molar-refractivity contribution in [2.45, 2.75) is 38.7 Å². The highest BCUT2D eigenvalue weighted by Gasteiger charge is 2.32. The number of ketones is 1. The fraction of sp³-hybridized carbons (Fsp3) is 0.700. The average molecular weight is 211 g/mol. The van der Waals surface area contributed by atoms with E-state index in [9.17, 15) is 9.90 Å². The Morgan fingerprint density at radius 2 is 2.13 bits per heavy atom. The first-order valence-electron chi connectivity index (χ1n) is 5.12. The van der Waals surface area contributed by atoms with Crippen molar-refractivity contribution in [3.63, 3.8) is 0 Å². The van der Waals surface area contributed by atoms with Crippen molar-refractivity contribution in [3.8, 4) is 0 Å². The van der Waals surface area contributed by atoms with E-state index >= 15 is 0 Å². The van der Waals surface area contributed by atoms with Gasteiger partial charge in [0.25, 0.3) is 0 Å². The molecule has 0 aromatic carbocycles. The van der Waals surface area contributed by atoms with E-state index in [-0.39, 0.29) is 12.2 Å². The zero-order chi connectivity index (χ0) is 11.5. The molecule has 1 aromatic heterocycles. The van der Waals surface area contributed by atoms with Gasteiger partial charge in [-0.15, -0.1) is 0 Å². The first kappa shape index (κ1) is 11.8. The van der Waals surface area contributed by atoms with Gasteiger partial charge < -0.3 is 5.11 Å². The number of rotatable bonds is 5. The second-order valence-electron chi connectivity index (χ2n) is 3.64. The maximum Gasteiger partial charge on any atom is 0.171 e. The highest BCUT2D eigenvalue weighted by atomic mass is 16.3. The Balaban J connectivity index is 2.75. The van der Waals surface area contributed by atoms with Gasteiger partial charge >= 0.3 is 0 Å². The molecule has 1 aromatic rings. The minimum absolute atomic E-state index is 0.134. The molecule has 1 rings (SSSR count). The lowest BCUT2D eigenvalue weighted by molar-refractivity contribution is -0.137. The Morgan fingerprint density at radius 1 is 1.53 bits per heavy atom. The van der Waals surface area contributed by atoms with Gasteiger partial charge in [0.05, 0.1) is 6.42 Å². The Hall–Kier alpha value is -1.23. The van der Waals surface area contributed by atoms with Crippen LogP contribution in [0.2, 0.25) is 0 Å². The lowest BCUT2D eigenvalue weighted by Gasteiger charge is -2.22. The van der Waals surface area contributed by atoms with Crippen molar-refractivity contribution < 1.29 is 9.90 Å². The predicted octanol–water partition coefficient (Wildman–Crippen LogP) is 0.478. The third kappa shape index (κ3) is 2.41. The largest absolute Gasteiger partial charge is 0.382 e. The summed E-state index contributed by atoms with van der Waals surface area (Å²) in [5.74, 6) is 0.393. The predicted molar refractivity (Wildman–Crippen MR) is 55.2 cm³/mol. The SMILES string of the molecule is CCC(O)(CC)C(=O)Cc1ncnn1C. The highest BCUT2D eigenvalue weighted by molar-refractivity contribution is 5.88. The molecule has 1 heterocycles. The van der Waals surface area contributed by atoms with Crippen molar-refractivity contribution in [1.29, 1.82) is 0 Å². The van der Waals surface area contributed by atoms with Gasteiger partial charge in [-0.05, 0) is 12.8 Å². The number of carbonyl (C=O) groups excluding carboxylic acids is 1. The zero-order valence-corrected chi connectivity index (χ0v) is 9.40. The molecule has 5 nitrogen and oxygen atoms in total. The molecular formula is C10H17N3O2. The first-order valence-corrected chi connectivity index (χ1v) is 5.12. The van der Waals surface area contributed by atoms with E-state index < -0.39 is 5.60 Å². The summed E-state index contributed by atoms with van der Waals surface area (Å²) >= 11 is 0. The molecule has 0 saturated carbocycles. The van der Waals surface area contributed by atoms with Crippen LogP contribution >= 0.6 is 0 Å². The van der Waals surface area contributed by atoms with Gasteiger partial charge in [0.15, 0.2) is 5.78 Å². The van der Waals surface area contributed by atoms with Crippen LogP contribution in [0.25, 0.3) is 0 Å². The fourth-order valence-electron chi connectivity index (χ4n) is 1.43. The minimum atomic E-state index is -1.22. The molecule has 0 radical (unpaired) electrons. The first-order chi connectivity index (χ1) is 7.03. The molecule has 0 unspecified atom stereocenters. The maximum absolute atomic E-state index is 11.8. The quantitative estimate of drug-likeness (QED) is 0.769. The van der Waals surface area contributed by atoms with E-state index in [0.29, 0.717) is 18.7 Å². The molecular weight excluding hydrogens is 194 g/mol. The molecule has 0 aliphatic carbocycles. The highest BCUT2D eigenvalue weighted by Crippen LogP contribution is 2.17. The van der Waals surface area contributed by atoms with Gasteiger partial charge in [-0.1, -0.05) is 13.8 Å². The van der Waals surface area contributed by atoms with Crippen molar-refractivity contribution in [1.82, 2.24) is 14.8 Å². The number of hydrogen-bond donors (Lipinski definition) is 1. The number of aryl methyl sites for hydroxylation is 1. The van der Waals surface area contributed by atoms with Crippen LogP contribution in [0.15, 0.2) is 6.33 Å². The maximum atomic E-state index is 11.8. The van der Waals surface area contributed by atoms with E-state index in [1.54, 1.807) is 25.6 Å². The molecule has 0 bridgehead atoms. The number of hydrogen-bond acceptors (Lipinski definition) is 4. The lowest BCUT2D eigenvalue weighted by atomic mass is 9.90. The van der Waals surface area contributed by atoms with Crippen LogP contribution in [0.4, 0.5) is 0 Å². The standard InChI is InChI=1S/C10H17N3O2/c1-4-10(15,5-2)8(14)6-9-11-7-12-13(9)3/h7,15H,4-6H2,1-3H3. The smallest absolute Gasteiger partial charge is 0.171 e. The number of Topliss-reactive ketones (excluding diaryl/α,β-unsaturated/α-hetero) is 1. The van der Waals surface area contributed by atoms with Gasteiger partial charge in [-0.25, -0.2) is 4.98 Å². The van der Waals surface area contributed by atoms with E-state index in [1.165, 1.54) is 6.33 Å². The Labute approximate surface area is 89.1 Å². The molecule has 5 heteroatoms. The second-order valence-corrected chi connectivity index (χ2v) is 3.64. The molecule has 0 aliphatic heterocycles. The zero-order valence-electron chi connectivity index (χ0n) is 9.40. The van der Waals surface area contributed by atoms with Gasteiger partial charge in [0, 0.05) is 7.05 Å². The van der Waals surface area contributed by atoms with Crippen LogP contribution in [0.3, 0.4) is 0 Å². The molecule has 1 N–H and O–H groups in total. The molecule has 84 valence electrons. The van der Waals surface area contributed by atoms with Crippen LogP contribution in [0.1, 0.15) is 32.5 Å². The summed E-state index contributed by atoms with van der Waals surface area (Å²) in [4.78, 5) is 15.8. The Morgan fingerprint density at radius 3 is 2.53 bits per heavy atom. The van der Waals surface area contributed by atoms with Crippen LogP contribution in [0.5, 0.6) is 0 Å². The summed E-state index contributed by atoms with van der Waals surface area (Å²) in [7, 11) is 1.73. The molecule has 0 saturated heterocycles. The summed E-state index contributed by atoms with van der Waals surface area (Å²) in [6, 6.07) is 0. The summed E-state index contributed by atoms with van der Waals surface area (Å²) < 4.78 is 1.55. The number of aliphatic hydroxyl groups is 1. The van der Waals surface area contributed by atoms with Crippen LogP contribution in [0, 0.1) is 0 Å². The van der Waals surface area contributed by atoms with Crippen molar-refractivity contribution in [3.05, 3.63) is 12.2 Å². The van der Waals surface area contributed by atoms with E-state index in [2.05, 4.69) is 10.1 Å². The van der Waals surface area contributed by atoms with Gasteiger partial charge in [-0.2, -0.15) is 5.10 Å².